The second kappa shape index (κ2) is 8.13. The van der Waals surface area contributed by atoms with Crippen molar-refractivity contribution in [2.24, 2.45) is 0 Å². The second-order valence-corrected chi connectivity index (χ2v) is 5.95. The highest BCUT2D eigenvalue weighted by Crippen LogP contribution is 2.21. The normalized spacial score (nSPS) is 25.7. The van der Waals surface area contributed by atoms with Gasteiger partial charge >= 0.3 is 0 Å². The zero-order valence-electron chi connectivity index (χ0n) is 12.5. The molecule has 108 valence electrons. The van der Waals surface area contributed by atoms with Crippen LogP contribution in [0.3, 0.4) is 0 Å². The summed E-state index contributed by atoms with van der Waals surface area (Å²) in [5.74, 6) is 0. The van der Waals surface area contributed by atoms with Crippen LogP contribution in [0.25, 0.3) is 0 Å². The number of nitrogens with zero attached hydrogens (tertiary/aromatic N) is 1. The van der Waals surface area contributed by atoms with E-state index in [2.05, 4.69) is 31.0 Å². The Hall–Kier alpha value is -0.120. The number of likely N-dealkylation sites (tertiary alicyclic amines) is 1. The molecule has 1 rings (SSSR count). The molecule has 0 saturated carbocycles. The van der Waals surface area contributed by atoms with Crippen LogP contribution in [0.2, 0.25) is 0 Å². The van der Waals surface area contributed by atoms with Crippen LogP contribution >= 0.6 is 0 Å². The molecule has 0 aliphatic carbocycles. The van der Waals surface area contributed by atoms with Crippen LogP contribution in [-0.4, -0.2) is 47.8 Å². The second-order valence-electron chi connectivity index (χ2n) is 5.95. The lowest BCUT2D eigenvalue weighted by atomic mass is 9.97. The van der Waals surface area contributed by atoms with Crippen molar-refractivity contribution >= 4 is 0 Å². The van der Waals surface area contributed by atoms with Gasteiger partial charge < -0.3 is 15.3 Å². The lowest BCUT2D eigenvalue weighted by Crippen LogP contribution is -2.49. The third kappa shape index (κ3) is 4.87. The topological polar surface area (TPSA) is 35.5 Å². The largest absolute Gasteiger partial charge is 0.394 e. The molecule has 1 aliphatic rings. The van der Waals surface area contributed by atoms with E-state index in [9.17, 15) is 5.11 Å². The summed E-state index contributed by atoms with van der Waals surface area (Å²) < 4.78 is 0. The molecule has 2 unspecified atom stereocenters. The van der Waals surface area contributed by atoms with Gasteiger partial charge in [-0.15, -0.1) is 0 Å². The highest BCUT2D eigenvalue weighted by molar-refractivity contribution is 4.84. The van der Waals surface area contributed by atoms with Gasteiger partial charge in [-0.2, -0.15) is 0 Å². The number of likely N-dealkylation sites (N-methyl/N-ethyl adjacent to an activating group) is 1. The molecular formula is C15H32N2O. The van der Waals surface area contributed by atoms with E-state index in [1.807, 2.05) is 0 Å². The Morgan fingerprint density at radius 3 is 2.67 bits per heavy atom. The van der Waals surface area contributed by atoms with Gasteiger partial charge in [-0.3, -0.25) is 0 Å². The molecule has 2 N–H and O–H groups in total. The van der Waals surface area contributed by atoms with E-state index in [0.29, 0.717) is 0 Å². The van der Waals surface area contributed by atoms with Crippen molar-refractivity contribution in [1.29, 1.82) is 0 Å². The first-order valence-corrected chi connectivity index (χ1v) is 7.75. The van der Waals surface area contributed by atoms with Crippen LogP contribution in [0.5, 0.6) is 0 Å². The molecule has 2 atom stereocenters. The Bertz CT molecular complexity index is 223. The van der Waals surface area contributed by atoms with Gasteiger partial charge in [0, 0.05) is 18.1 Å². The Balaban J connectivity index is 2.47. The molecule has 0 radical (unpaired) electrons. The van der Waals surface area contributed by atoms with Crippen molar-refractivity contribution < 1.29 is 5.11 Å². The summed E-state index contributed by atoms with van der Waals surface area (Å²) in [4.78, 5) is 2.65. The molecule has 18 heavy (non-hydrogen) atoms. The van der Waals surface area contributed by atoms with Crippen LogP contribution in [0.4, 0.5) is 0 Å². The molecule has 3 heteroatoms. The molecule has 1 heterocycles. The third-order valence-corrected chi connectivity index (χ3v) is 4.37. The number of nitrogens with one attached hydrogen (secondary N) is 1. The fourth-order valence-electron chi connectivity index (χ4n) is 3.03. The third-order valence-electron chi connectivity index (χ3n) is 4.37. The standard InChI is InChI=1S/C15H32N2O/c1-4-14-9-7-6-8-11-17(14)12-10-15(3,13-18)16-5-2/h14,16,18H,4-13H2,1-3H3. The minimum absolute atomic E-state index is 0.112. The number of aliphatic hydroxyl groups is 1. The molecule has 3 nitrogen and oxygen atoms in total. The summed E-state index contributed by atoms with van der Waals surface area (Å²) >= 11 is 0. The quantitative estimate of drug-likeness (QED) is 0.734. The van der Waals surface area contributed by atoms with Gasteiger partial charge in [0.1, 0.15) is 0 Å². The summed E-state index contributed by atoms with van der Waals surface area (Å²) in [6.07, 6.45) is 7.77. The van der Waals surface area contributed by atoms with Crippen molar-refractivity contribution in [3.05, 3.63) is 0 Å². The molecule has 0 spiro atoms. The van der Waals surface area contributed by atoms with Crippen molar-refractivity contribution in [2.75, 3.05) is 26.2 Å². The Morgan fingerprint density at radius 1 is 1.28 bits per heavy atom. The van der Waals surface area contributed by atoms with E-state index in [-0.39, 0.29) is 12.1 Å². The maximum absolute atomic E-state index is 9.54. The van der Waals surface area contributed by atoms with Crippen LogP contribution in [0.15, 0.2) is 0 Å². The van der Waals surface area contributed by atoms with E-state index in [1.165, 1.54) is 38.6 Å². The SMILES string of the molecule is CCNC(C)(CO)CCN1CCCCCC1CC. The smallest absolute Gasteiger partial charge is 0.0611 e. The molecule has 0 aromatic heterocycles. The fraction of sp³-hybridized carbons (Fsp3) is 1.00. The average molecular weight is 256 g/mol. The van der Waals surface area contributed by atoms with Crippen molar-refractivity contribution in [2.45, 2.75) is 70.9 Å². The molecule has 0 amide bonds. The van der Waals surface area contributed by atoms with Gasteiger partial charge in [0.05, 0.1) is 6.61 Å². The Labute approximate surface area is 113 Å². The molecular weight excluding hydrogens is 224 g/mol. The maximum Gasteiger partial charge on any atom is 0.0611 e. The van der Waals surface area contributed by atoms with Gasteiger partial charge in [-0.1, -0.05) is 26.7 Å². The first-order valence-electron chi connectivity index (χ1n) is 7.75. The van der Waals surface area contributed by atoms with Crippen LogP contribution in [0, 0.1) is 0 Å². The summed E-state index contributed by atoms with van der Waals surface area (Å²) in [5, 5.41) is 13.0. The minimum atomic E-state index is -0.112. The molecule has 0 bridgehead atoms. The molecule has 0 aromatic carbocycles. The lowest BCUT2D eigenvalue weighted by Gasteiger charge is -2.34. The monoisotopic (exact) mass is 256 g/mol. The number of hydrogen-bond acceptors (Lipinski definition) is 3. The fourth-order valence-corrected chi connectivity index (χ4v) is 3.03. The van der Waals surface area contributed by atoms with Crippen molar-refractivity contribution in [3.8, 4) is 0 Å². The van der Waals surface area contributed by atoms with E-state index >= 15 is 0 Å². The van der Waals surface area contributed by atoms with Crippen LogP contribution in [-0.2, 0) is 0 Å². The summed E-state index contributed by atoms with van der Waals surface area (Å²) in [6.45, 7) is 10.1. The Morgan fingerprint density at radius 2 is 2.06 bits per heavy atom. The molecule has 1 fully saturated rings. The average Bonchev–Trinajstić information content (AvgIpc) is 2.61. The van der Waals surface area contributed by atoms with Gasteiger partial charge in [0.2, 0.25) is 0 Å². The van der Waals surface area contributed by atoms with Gasteiger partial charge in [0.25, 0.3) is 0 Å². The zero-order chi connectivity index (χ0) is 13.4. The predicted octanol–water partition coefficient (Wildman–Crippen LogP) is 2.39. The van der Waals surface area contributed by atoms with Crippen molar-refractivity contribution in [3.63, 3.8) is 0 Å². The van der Waals surface area contributed by atoms with Crippen LogP contribution < -0.4 is 5.32 Å². The number of rotatable bonds is 7. The number of aliphatic hydroxyl groups excluding tert-OH is 1. The molecule has 1 aliphatic heterocycles. The van der Waals surface area contributed by atoms with Gasteiger partial charge in [-0.05, 0) is 45.7 Å². The van der Waals surface area contributed by atoms with E-state index in [1.54, 1.807) is 0 Å². The Kier molecular flexibility index (Phi) is 7.20. The molecule has 1 saturated heterocycles. The highest BCUT2D eigenvalue weighted by Gasteiger charge is 2.25. The summed E-state index contributed by atoms with van der Waals surface area (Å²) in [6, 6.07) is 0.761. The number of hydrogen-bond donors (Lipinski definition) is 2. The van der Waals surface area contributed by atoms with Crippen LogP contribution in [0.1, 0.15) is 59.3 Å². The van der Waals surface area contributed by atoms with Gasteiger partial charge in [0.15, 0.2) is 0 Å². The van der Waals surface area contributed by atoms with Crippen molar-refractivity contribution in [1.82, 2.24) is 10.2 Å². The summed E-state index contributed by atoms with van der Waals surface area (Å²) in [7, 11) is 0. The maximum atomic E-state index is 9.54. The highest BCUT2D eigenvalue weighted by atomic mass is 16.3. The first kappa shape index (κ1) is 15.9. The lowest BCUT2D eigenvalue weighted by molar-refractivity contribution is 0.128. The van der Waals surface area contributed by atoms with E-state index in [4.69, 9.17) is 0 Å². The molecule has 0 aromatic rings. The predicted molar refractivity (Wildman–Crippen MR) is 77.9 cm³/mol. The minimum Gasteiger partial charge on any atom is -0.394 e. The van der Waals surface area contributed by atoms with E-state index in [0.717, 1.165) is 25.6 Å². The zero-order valence-corrected chi connectivity index (χ0v) is 12.5. The summed E-state index contributed by atoms with van der Waals surface area (Å²) in [5.41, 5.74) is -0.112. The van der Waals surface area contributed by atoms with Gasteiger partial charge in [-0.25, -0.2) is 0 Å². The first-order chi connectivity index (χ1) is 8.65. The van der Waals surface area contributed by atoms with E-state index < -0.39 is 0 Å².